The lowest BCUT2D eigenvalue weighted by Crippen LogP contribution is -2.28. The zero-order chi connectivity index (χ0) is 13.8. The molecule has 3 nitrogen and oxygen atoms in total. The normalized spacial score (nSPS) is 21.2. The van der Waals surface area contributed by atoms with Crippen molar-refractivity contribution < 1.29 is 4.79 Å². The summed E-state index contributed by atoms with van der Waals surface area (Å²) >= 11 is 12.2. The second kappa shape index (κ2) is 6.60. The Kier molecular flexibility index (Phi) is 5.08. The van der Waals surface area contributed by atoms with Crippen molar-refractivity contribution >= 4 is 29.1 Å². The molecule has 1 aromatic carbocycles. The molecule has 1 saturated carbocycles. The van der Waals surface area contributed by atoms with Crippen LogP contribution in [0.2, 0.25) is 10.0 Å². The van der Waals surface area contributed by atoms with Gasteiger partial charge in [0, 0.05) is 12.5 Å². The number of rotatable bonds is 6. The lowest BCUT2D eigenvalue weighted by atomic mass is 10.1. The van der Waals surface area contributed by atoms with Crippen LogP contribution in [0.3, 0.4) is 0 Å². The van der Waals surface area contributed by atoms with Crippen LogP contribution in [0.5, 0.6) is 0 Å². The minimum atomic E-state index is 0.0468. The van der Waals surface area contributed by atoms with E-state index in [0.29, 0.717) is 16.6 Å². The fraction of sp³-hybridized carbons (Fsp3) is 0.500. The van der Waals surface area contributed by atoms with Crippen LogP contribution < -0.4 is 10.6 Å². The number of amides is 1. The van der Waals surface area contributed by atoms with E-state index in [2.05, 4.69) is 10.6 Å². The van der Waals surface area contributed by atoms with Gasteiger partial charge in [-0.25, -0.2) is 0 Å². The molecular weight excluding hydrogens is 283 g/mol. The Morgan fingerprint density at radius 1 is 1.37 bits per heavy atom. The zero-order valence-corrected chi connectivity index (χ0v) is 12.4. The van der Waals surface area contributed by atoms with Gasteiger partial charge in [0.1, 0.15) is 0 Å². The minimum absolute atomic E-state index is 0.0468. The van der Waals surface area contributed by atoms with Crippen LogP contribution in [0.15, 0.2) is 18.2 Å². The van der Waals surface area contributed by atoms with E-state index in [-0.39, 0.29) is 17.7 Å². The standard InChI is InChI=1S/C14H18Cl2N2O/c1-17-6-3-7-18-14(19)11-8-10(11)9-4-2-5-12(15)13(9)16/h2,4-5,10-11,17H,3,6-8H2,1H3,(H,18,19). The molecule has 0 aliphatic heterocycles. The highest BCUT2D eigenvalue weighted by Crippen LogP contribution is 2.50. The molecule has 2 atom stereocenters. The van der Waals surface area contributed by atoms with Gasteiger partial charge >= 0.3 is 0 Å². The zero-order valence-electron chi connectivity index (χ0n) is 10.9. The largest absolute Gasteiger partial charge is 0.356 e. The van der Waals surface area contributed by atoms with Gasteiger partial charge in [-0.2, -0.15) is 0 Å². The summed E-state index contributed by atoms with van der Waals surface area (Å²) in [6.45, 7) is 1.63. The summed E-state index contributed by atoms with van der Waals surface area (Å²) in [5, 5.41) is 7.15. The Labute approximate surface area is 123 Å². The molecule has 19 heavy (non-hydrogen) atoms. The first-order chi connectivity index (χ1) is 9.15. The molecule has 0 heterocycles. The minimum Gasteiger partial charge on any atom is -0.356 e. The molecule has 5 heteroatoms. The monoisotopic (exact) mass is 300 g/mol. The highest BCUT2D eigenvalue weighted by Gasteiger charge is 2.44. The number of hydrogen-bond donors (Lipinski definition) is 2. The third-order valence-electron chi connectivity index (χ3n) is 3.41. The Hall–Kier alpha value is -0.770. The van der Waals surface area contributed by atoms with Crippen LogP contribution in [0.1, 0.15) is 24.3 Å². The first-order valence-corrected chi connectivity index (χ1v) is 7.27. The van der Waals surface area contributed by atoms with Gasteiger partial charge in [0.2, 0.25) is 5.91 Å². The maximum Gasteiger partial charge on any atom is 0.223 e. The maximum atomic E-state index is 11.9. The molecule has 0 spiro atoms. The Balaban J connectivity index is 1.86. The topological polar surface area (TPSA) is 41.1 Å². The van der Waals surface area contributed by atoms with E-state index in [1.165, 1.54) is 0 Å². The Morgan fingerprint density at radius 3 is 2.89 bits per heavy atom. The first kappa shape index (κ1) is 14.6. The highest BCUT2D eigenvalue weighted by molar-refractivity contribution is 6.42. The average molecular weight is 301 g/mol. The van der Waals surface area contributed by atoms with Gasteiger partial charge in [0.05, 0.1) is 10.0 Å². The van der Waals surface area contributed by atoms with Crippen LogP contribution in [0, 0.1) is 5.92 Å². The van der Waals surface area contributed by atoms with Gasteiger partial charge < -0.3 is 10.6 Å². The van der Waals surface area contributed by atoms with Crippen molar-refractivity contribution in [2.45, 2.75) is 18.8 Å². The number of halogens is 2. The maximum absolute atomic E-state index is 11.9. The number of nitrogens with one attached hydrogen (secondary N) is 2. The van der Waals surface area contributed by atoms with Gasteiger partial charge in [-0.1, -0.05) is 35.3 Å². The summed E-state index contributed by atoms with van der Waals surface area (Å²) in [7, 11) is 1.90. The van der Waals surface area contributed by atoms with Crippen molar-refractivity contribution in [3.63, 3.8) is 0 Å². The summed E-state index contributed by atoms with van der Waals surface area (Å²) in [5.41, 5.74) is 0.990. The number of carbonyl (C=O) groups excluding carboxylic acids is 1. The molecule has 0 radical (unpaired) electrons. The van der Waals surface area contributed by atoms with Crippen LogP contribution in [0.25, 0.3) is 0 Å². The fourth-order valence-corrected chi connectivity index (χ4v) is 2.69. The van der Waals surface area contributed by atoms with Gasteiger partial charge in [-0.05, 0) is 44.0 Å². The van der Waals surface area contributed by atoms with Crippen molar-refractivity contribution in [1.82, 2.24) is 10.6 Å². The predicted molar refractivity (Wildman–Crippen MR) is 78.9 cm³/mol. The van der Waals surface area contributed by atoms with Crippen molar-refractivity contribution in [3.8, 4) is 0 Å². The third-order valence-corrected chi connectivity index (χ3v) is 4.24. The van der Waals surface area contributed by atoms with Gasteiger partial charge in [-0.3, -0.25) is 4.79 Å². The van der Waals surface area contributed by atoms with Crippen LogP contribution >= 0.6 is 23.2 Å². The van der Waals surface area contributed by atoms with Gasteiger partial charge in [-0.15, -0.1) is 0 Å². The molecule has 1 amide bonds. The number of benzene rings is 1. The first-order valence-electron chi connectivity index (χ1n) is 6.51. The summed E-state index contributed by atoms with van der Waals surface area (Å²) in [4.78, 5) is 11.9. The molecular formula is C14H18Cl2N2O. The van der Waals surface area contributed by atoms with E-state index in [9.17, 15) is 4.79 Å². The third kappa shape index (κ3) is 3.62. The van der Waals surface area contributed by atoms with Crippen molar-refractivity contribution in [1.29, 1.82) is 0 Å². The van der Waals surface area contributed by atoms with Crippen LogP contribution in [0.4, 0.5) is 0 Å². The summed E-state index contributed by atoms with van der Waals surface area (Å²) < 4.78 is 0. The highest BCUT2D eigenvalue weighted by atomic mass is 35.5. The molecule has 1 fully saturated rings. The Morgan fingerprint density at radius 2 is 2.16 bits per heavy atom. The van der Waals surface area contributed by atoms with Crippen LogP contribution in [-0.4, -0.2) is 26.0 Å². The second-order valence-electron chi connectivity index (χ2n) is 4.84. The van der Waals surface area contributed by atoms with Gasteiger partial charge in [0.25, 0.3) is 0 Å². The van der Waals surface area contributed by atoms with E-state index in [1.54, 1.807) is 6.07 Å². The van der Waals surface area contributed by atoms with E-state index in [1.807, 2.05) is 19.2 Å². The summed E-state index contributed by atoms with van der Waals surface area (Å²) in [6.07, 6.45) is 1.80. The summed E-state index contributed by atoms with van der Waals surface area (Å²) in [6, 6.07) is 5.60. The fourth-order valence-electron chi connectivity index (χ4n) is 2.24. The molecule has 1 aliphatic rings. The number of carbonyl (C=O) groups is 1. The molecule has 2 rings (SSSR count). The van der Waals surface area contributed by atoms with Crippen LogP contribution in [-0.2, 0) is 4.79 Å². The SMILES string of the molecule is CNCCCNC(=O)C1CC1c1cccc(Cl)c1Cl. The predicted octanol–water partition coefficient (Wildman–Crippen LogP) is 2.82. The molecule has 1 aromatic rings. The van der Waals surface area contributed by atoms with E-state index >= 15 is 0 Å². The molecule has 0 aromatic heterocycles. The average Bonchev–Trinajstić information content (AvgIpc) is 3.18. The Bertz CT molecular complexity index is 465. The molecule has 2 unspecified atom stereocenters. The quantitative estimate of drug-likeness (QED) is 0.793. The van der Waals surface area contributed by atoms with E-state index < -0.39 is 0 Å². The molecule has 0 bridgehead atoms. The van der Waals surface area contributed by atoms with E-state index in [4.69, 9.17) is 23.2 Å². The lowest BCUT2D eigenvalue weighted by Gasteiger charge is -2.06. The van der Waals surface area contributed by atoms with Crippen molar-refractivity contribution in [2.75, 3.05) is 20.1 Å². The molecule has 2 N–H and O–H groups in total. The molecule has 0 saturated heterocycles. The van der Waals surface area contributed by atoms with Crippen molar-refractivity contribution in [2.24, 2.45) is 5.92 Å². The molecule has 104 valence electrons. The van der Waals surface area contributed by atoms with Gasteiger partial charge in [0.15, 0.2) is 0 Å². The number of hydrogen-bond acceptors (Lipinski definition) is 2. The van der Waals surface area contributed by atoms with E-state index in [0.717, 1.165) is 24.9 Å². The molecule has 1 aliphatic carbocycles. The second-order valence-corrected chi connectivity index (χ2v) is 5.63. The lowest BCUT2D eigenvalue weighted by molar-refractivity contribution is -0.122. The smallest absolute Gasteiger partial charge is 0.223 e. The summed E-state index contributed by atoms with van der Waals surface area (Å²) in [5.74, 6) is 0.387. The van der Waals surface area contributed by atoms with Crippen molar-refractivity contribution in [3.05, 3.63) is 33.8 Å².